The van der Waals surface area contributed by atoms with Gasteiger partial charge in [0, 0.05) is 42.8 Å². The van der Waals surface area contributed by atoms with Crippen molar-refractivity contribution in [3.05, 3.63) is 40.3 Å². The summed E-state index contributed by atoms with van der Waals surface area (Å²) in [5, 5.41) is 2.15. The van der Waals surface area contributed by atoms with E-state index in [2.05, 4.69) is 38.1 Å². The Bertz CT molecular complexity index is 709. The first-order chi connectivity index (χ1) is 11.7. The number of nitrogens with zero attached hydrogens (tertiary/aromatic N) is 4. The van der Waals surface area contributed by atoms with Crippen molar-refractivity contribution in [3.63, 3.8) is 0 Å². The number of hydrogen-bond donors (Lipinski definition) is 0. The van der Waals surface area contributed by atoms with E-state index in [0.717, 1.165) is 44.8 Å². The van der Waals surface area contributed by atoms with E-state index in [1.807, 2.05) is 17.4 Å². The molecule has 0 unspecified atom stereocenters. The maximum absolute atomic E-state index is 13.0. The second-order valence-corrected chi connectivity index (χ2v) is 7.57. The van der Waals surface area contributed by atoms with E-state index in [0.29, 0.717) is 5.91 Å². The minimum absolute atomic E-state index is 0.132. The Morgan fingerprint density at radius 2 is 1.96 bits per heavy atom. The Morgan fingerprint density at radius 3 is 2.71 bits per heavy atom. The van der Waals surface area contributed by atoms with E-state index < -0.39 is 0 Å². The van der Waals surface area contributed by atoms with Crippen LogP contribution in [0, 0.1) is 5.92 Å². The lowest BCUT2D eigenvalue weighted by Gasteiger charge is -2.38. The molecule has 0 saturated carbocycles. The van der Waals surface area contributed by atoms with Crippen LogP contribution in [0.5, 0.6) is 0 Å². The maximum atomic E-state index is 13.0. The minimum atomic E-state index is 0.132. The van der Waals surface area contributed by atoms with Crippen molar-refractivity contribution >= 4 is 23.2 Å². The number of carbonyl (C=O) groups excluding carboxylic acids is 1. The summed E-state index contributed by atoms with van der Waals surface area (Å²) in [5.74, 6) is 1.23. The van der Waals surface area contributed by atoms with Gasteiger partial charge in [0.25, 0.3) is 0 Å². The van der Waals surface area contributed by atoms with Crippen LogP contribution in [0.25, 0.3) is 0 Å². The molecule has 2 aliphatic heterocycles. The molecule has 0 aliphatic carbocycles. The number of anilines is 1. The number of aromatic nitrogens is 2. The van der Waals surface area contributed by atoms with E-state index in [9.17, 15) is 4.79 Å². The van der Waals surface area contributed by atoms with Crippen LogP contribution in [-0.2, 0) is 11.2 Å². The van der Waals surface area contributed by atoms with Crippen molar-refractivity contribution in [2.45, 2.75) is 32.2 Å². The third kappa shape index (κ3) is 2.79. The molecule has 0 bridgehead atoms. The summed E-state index contributed by atoms with van der Waals surface area (Å²) in [6.07, 6.45) is 6.31. The van der Waals surface area contributed by atoms with Crippen LogP contribution in [0.1, 0.15) is 36.2 Å². The molecule has 0 aromatic carbocycles. The molecule has 2 aromatic rings. The normalized spacial score (nSPS) is 21.6. The van der Waals surface area contributed by atoms with Crippen molar-refractivity contribution in [2.24, 2.45) is 5.92 Å². The monoisotopic (exact) mass is 342 g/mol. The van der Waals surface area contributed by atoms with Gasteiger partial charge < -0.3 is 9.80 Å². The zero-order chi connectivity index (χ0) is 16.5. The van der Waals surface area contributed by atoms with Gasteiger partial charge in [-0.05, 0) is 49.3 Å². The average Bonchev–Trinajstić information content (AvgIpc) is 3.12. The van der Waals surface area contributed by atoms with Crippen LogP contribution >= 0.6 is 11.3 Å². The van der Waals surface area contributed by atoms with E-state index in [1.54, 1.807) is 12.4 Å². The Balaban J connectivity index is 1.40. The van der Waals surface area contributed by atoms with Crippen LogP contribution in [0.2, 0.25) is 0 Å². The van der Waals surface area contributed by atoms with Gasteiger partial charge in [0.2, 0.25) is 11.9 Å². The highest BCUT2D eigenvalue weighted by Gasteiger charge is 2.34. The number of carbonyl (C=O) groups is 1. The van der Waals surface area contributed by atoms with E-state index in [-0.39, 0.29) is 12.0 Å². The van der Waals surface area contributed by atoms with Crippen molar-refractivity contribution in [1.82, 2.24) is 14.9 Å². The summed E-state index contributed by atoms with van der Waals surface area (Å²) in [4.78, 5) is 27.4. The highest BCUT2D eigenvalue weighted by Crippen LogP contribution is 2.35. The summed E-state index contributed by atoms with van der Waals surface area (Å²) >= 11 is 1.82. The smallest absolute Gasteiger partial charge is 0.226 e. The third-order valence-electron chi connectivity index (χ3n) is 5.24. The first kappa shape index (κ1) is 15.6. The van der Waals surface area contributed by atoms with Gasteiger partial charge >= 0.3 is 0 Å². The summed E-state index contributed by atoms with van der Waals surface area (Å²) < 4.78 is 0. The van der Waals surface area contributed by atoms with Crippen LogP contribution in [0.3, 0.4) is 0 Å². The molecule has 1 atom stereocenters. The zero-order valence-electron chi connectivity index (χ0n) is 13.9. The topological polar surface area (TPSA) is 49.3 Å². The minimum Gasteiger partial charge on any atom is -0.341 e. The fraction of sp³-hybridized carbons (Fsp3) is 0.500. The third-order valence-corrected chi connectivity index (χ3v) is 6.24. The first-order valence-corrected chi connectivity index (χ1v) is 9.50. The molecule has 2 aliphatic rings. The van der Waals surface area contributed by atoms with Gasteiger partial charge in [-0.25, -0.2) is 9.97 Å². The van der Waals surface area contributed by atoms with Gasteiger partial charge in [-0.1, -0.05) is 0 Å². The number of piperidine rings is 1. The molecular weight excluding hydrogens is 320 g/mol. The van der Waals surface area contributed by atoms with Gasteiger partial charge in [-0.3, -0.25) is 4.79 Å². The molecule has 1 amide bonds. The molecular formula is C18H22N4OS. The second kappa shape index (κ2) is 6.51. The SMILES string of the molecule is C[C@@H]1c2ccsc2CCN1C(=O)C1CCN(c2ncccn2)CC1. The molecule has 1 saturated heterocycles. The van der Waals surface area contributed by atoms with Gasteiger partial charge in [0.1, 0.15) is 0 Å². The number of rotatable bonds is 2. The van der Waals surface area contributed by atoms with Gasteiger partial charge in [-0.15, -0.1) is 11.3 Å². The average molecular weight is 342 g/mol. The Hall–Kier alpha value is -1.95. The lowest BCUT2D eigenvalue weighted by Crippen LogP contribution is -2.45. The van der Waals surface area contributed by atoms with Crippen molar-refractivity contribution in [1.29, 1.82) is 0 Å². The highest BCUT2D eigenvalue weighted by atomic mass is 32.1. The maximum Gasteiger partial charge on any atom is 0.226 e. The van der Waals surface area contributed by atoms with Gasteiger partial charge in [0.15, 0.2) is 0 Å². The molecule has 24 heavy (non-hydrogen) atoms. The molecule has 126 valence electrons. The number of hydrogen-bond acceptors (Lipinski definition) is 5. The predicted octanol–water partition coefficient (Wildman–Crippen LogP) is 2.90. The molecule has 1 fully saturated rings. The largest absolute Gasteiger partial charge is 0.341 e. The number of amides is 1. The number of thiophene rings is 1. The van der Waals surface area contributed by atoms with Crippen LogP contribution in [-0.4, -0.2) is 40.4 Å². The van der Waals surface area contributed by atoms with Crippen molar-refractivity contribution in [2.75, 3.05) is 24.5 Å². The van der Waals surface area contributed by atoms with Crippen molar-refractivity contribution in [3.8, 4) is 0 Å². The Labute approximate surface area is 146 Å². The fourth-order valence-corrected chi connectivity index (χ4v) is 4.79. The number of fused-ring (bicyclic) bond motifs is 1. The lowest BCUT2D eigenvalue weighted by molar-refractivity contribution is -0.138. The van der Waals surface area contributed by atoms with Crippen LogP contribution in [0.15, 0.2) is 29.9 Å². The lowest BCUT2D eigenvalue weighted by atomic mass is 9.92. The second-order valence-electron chi connectivity index (χ2n) is 6.57. The van der Waals surface area contributed by atoms with Gasteiger partial charge in [0.05, 0.1) is 6.04 Å². The zero-order valence-corrected chi connectivity index (χ0v) is 14.7. The fourth-order valence-electron chi connectivity index (χ4n) is 3.83. The molecule has 4 rings (SSSR count). The van der Waals surface area contributed by atoms with E-state index >= 15 is 0 Å². The Kier molecular flexibility index (Phi) is 4.22. The molecule has 0 N–H and O–H groups in total. The summed E-state index contributed by atoms with van der Waals surface area (Å²) in [6.45, 7) is 4.73. The van der Waals surface area contributed by atoms with Crippen LogP contribution in [0.4, 0.5) is 5.95 Å². The summed E-state index contributed by atoms with van der Waals surface area (Å²) in [7, 11) is 0. The van der Waals surface area contributed by atoms with Crippen LogP contribution < -0.4 is 4.90 Å². The first-order valence-electron chi connectivity index (χ1n) is 8.63. The quantitative estimate of drug-likeness (QED) is 0.842. The van der Waals surface area contributed by atoms with Gasteiger partial charge in [-0.2, -0.15) is 0 Å². The van der Waals surface area contributed by atoms with Crippen molar-refractivity contribution < 1.29 is 4.79 Å². The van der Waals surface area contributed by atoms with E-state index in [1.165, 1.54) is 10.4 Å². The predicted molar refractivity (Wildman–Crippen MR) is 95.1 cm³/mol. The standard InChI is InChI=1S/C18H22N4OS/c1-13-15-6-12-24-16(15)5-11-22(13)17(23)14-3-9-21(10-4-14)18-19-7-2-8-20-18/h2,6-8,12-14H,3-5,9-11H2,1H3/t13-/m1/s1. The Morgan fingerprint density at radius 1 is 1.21 bits per heavy atom. The highest BCUT2D eigenvalue weighted by molar-refractivity contribution is 7.10. The van der Waals surface area contributed by atoms with E-state index in [4.69, 9.17) is 0 Å². The molecule has 4 heterocycles. The molecule has 2 aromatic heterocycles. The molecule has 5 nitrogen and oxygen atoms in total. The molecule has 0 radical (unpaired) electrons. The molecule has 0 spiro atoms. The summed E-state index contributed by atoms with van der Waals surface area (Å²) in [6, 6.07) is 4.22. The molecule has 6 heteroatoms. The summed E-state index contributed by atoms with van der Waals surface area (Å²) in [5.41, 5.74) is 1.34.